The van der Waals surface area contributed by atoms with Crippen LogP contribution in [0.5, 0.6) is 0 Å². The molecule has 3 rings (SSSR count). The van der Waals surface area contributed by atoms with Crippen LogP contribution in [0.3, 0.4) is 0 Å². The monoisotopic (exact) mass is 271 g/mol. The van der Waals surface area contributed by atoms with Crippen LogP contribution in [0.1, 0.15) is 32.3 Å². The molecule has 0 bridgehead atoms. The Bertz CT molecular complexity index is 547. The second-order valence-corrected chi connectivity index (χ2v) is 6.06. The van der Waals surface area contributed by atoms with E-state index >= 15 is 0 Å². The smallest absolute Gasteiger partial charge is 0.250 e. The fourth-order valence-corrected chi connectivity index (χ4v) is 3.39. The summed E-state index contributed by atoms with van der Waals surface area (Å²) in [7, 11) is 0. The number of benzene rings is 1. The second-order valence-electron chi connectivity index (χ2n) is 6.06. The topological polar surface area (TPSA) is 38.3 Å². The van der Waals surface area contributed by atoms with Crippen LogP contribution in [-0.4, -0.2) is 19.1 Å². The molecule has 3 heteroatoms. The standard InChI is InChI=1S/C17H21NO2/c1-12(2)10-17(14-6-4-3-5-7-14)15-13(11-20-17)8-9-18-16(15)19/h3-7,12H,8-11H2,1-2H3,(H,18,19). The first-order valence-corrected chi connectivity index (χ1v) is 7.33. The molecule has 0 aromatic heterocycles. The van der Waals surface area contributed by atoms with Crippen molar-refractivity contribution in [1.29, 1.82) is 0 Å². The van der Waals surface area contributed by atoms with Crippen molar-refractivity contribution in [1.82, 2.24) is 5.32 Å². The van der Waals surface area contributed by atoms with Gasteiger partial charge in [0.05, 0.1) is 12.2 Å². The zero-order valence-electron chi connectivity index (χ0n) is 12.1. The maximum atomic E-state index is 12.4. The summed E-state index contributed by atoms with van der Waals surface area (Å²) < 4.78 is 6.22. The molecular formula is C17H21NO2. The van der Waals surface area contributed by atoms with Crippen LogP contribution < -0.4 is 5.32 Å². The fraction of sp³-hybridized carbons (Fsp3) is 0.471. The first kappa shape index (κ1) is 13.4. The Morgan fingerprint density at radius 2 is 2.05 bits per heavy atom. The Balaban J connectivity index is 2.12. The first-order chi connectivity index (χ1) is 9.63. The lowest BCUT2D eigenvalue weighted by Crippen LogP contribution is -2.40. The highest BCUT2D eigenvalue weighted by Gasteiger charge is 2.48. The highest BCUT2D eigenvalue weighted by atomic mass is 16.5. The number of ether oxygens (including phenoxy) is 1. The van der Waals surface area contributed by atoms with Crippen molar-refractivity contribution in [2.45, 2.75) is 32.3 Å². The summed E-state index contributed by atoms with van der Waals surface area (Å²) in [6.07, 6.45) is 1.75. The molecule has 0 saturated heterocycles. The van der Waals surface area contributed by atoms with Crippen LogP contribution in [0, 0.1) is 5.92 Å². The molecule has 1 atom stereocenters. The number of rotatable bonds is 3. The van der Waals surface area contributed by atoms with E-state index < -0.39 is 5.60 Å². The Kier molecular flexibility index (Phi) is 3.38. The summed E-state index contributed by atoms with van der Waals surface area (Å²) in [6, 6.07) is 10.2. The lowest BCUT2D eigenvalue weighted by Gasteiger charge is -2.34. The average molecular weight is 271 g/mol. The molecule has 1 amide bonds. The van der Waals surface area contributed by atoms with Gasteiger partial charge in [0.15, 0.2) is 0 Å². The van der Waals surface area contributed by atoms with E-state index in [1.807, 2.05) is 18.2 Å². The maximum Gasteiger partial charge on any atom is 0.250 e. The predicted octanol–water partition coefficient (Wildman–Crippen LogP) is 2.77. The van der Waals surface area contributed by atoms with Crippen molar-refractivity contribution in [2.24, 2.45) is 5.92 Å². The molecule has 0 saturated carbocycles. The Morgan fingerprint density at radius 3 is 2.75 bits per heavy atom. The lowest BCUT2D eigenvalue weighted by atomic mass is 9.77. The van der Waals surface area contributed by atoms with Gasteiger partial charge in [0.2, 0.25) is 0 Å². The highest BCUT2D eigenvalue weighted by molar-refractivity contribution is 5.98. The molecule has 0 radical (unpaired) electrons. The summed E-state index contributed by atoms with van der Waals surface area (Å²) in [6.45, 7) is 5.67. The van der Waals surface area contributed by atoms with Gasteiger partial charge < -0.3 is 10.1 Å². The van der Waals surface area contributed by atoms with Crippen molar-refractivity contribution in [2.75, 3.05) is 13.2 Å². The van der Waals surface area contributed by atoms with Crippen molar-refractivity contribution in [3.63, 3.8) is 0 Å². The molecule has 1 unspecified atom stereocenters. The summed E-state index contributed by atoms with van der Waals surface area (Å²) >= 11 is 0. The molecule has 20 heavy (non-hydrogen) atoms. The van der Waals surface area contributed by atoms with E-state index in [2.05, 4.69) is 31.3 Å². The molecule has 2 heterocycles. The van der Waals surface area contributed by atoms with Gasteiger partial charge in [-0.15, -0.1) is 0 Å². The van der Waals surface area contributed by atoms with Gasteiger partial charge >= 0.3 is 0 Å². The molecule has 2 aliphatic heterocycles. The molecule has 0 fully saturated rings. The van der Waals surface area contributed by atoms with Gasteiger partial charge in [-0.05, 0) is 29.9 Å². The van der Waals surface area contributed by atoms with Crippen LogP contribution >= 0.6 is 0 Å². The van der Waals surface area contributed by atoms with Gasteiger partial charge in [0.1, 0.15) is 5.60 Å². The normalized spacial score (nSPS) is 25.9. The van der Waals surface area contributed by atoms with Crippen molar-refractivity contribution < 1.29 is 9.53 Å². The minimum Gasteiger partial charge on any atom is -0.361 e. The van der Waals surface area contributed by atoms with E-state index in [-0.39, 0.29) is 5.91 Å². The van der Waals surface area contributed by atoms with Crippen LogP contribution in [-0.2, 0) is 15.1 Å². The molecule has 1 N–H and O–H groups in total. The number of amides is 1. The summed E-state index contributed by atoms with van der Waals surface area (Å²) in [5.41, 5.74) is 2.58. The zero-order chi connectivity index (χ0) is 14.2. The van der Waals surface area contributed by atoms with Crippen molar-refractivity contribution in [3.05, 3.63) is 47.0 Å². The molecule has 2 aliphatic rings. The van der Waals surface area contributed by atoms with Gasteiger partial charge in [-0.2, -0.15) is 0 Å². The minimum absolute atomic E-state index is 0.0493. The van der Waals surface area contributed by atoms with Gasteiger partial charge in [-0.3, -0.25) is 4.79 Å². The van der Waals surface area contributed by atoms with E-state index in [1.165, 1.54) is 5.57 Å². The number of hydrogen-bond donors (Lipinski definition) is 1. The third-order valence-electron chi connectivity index (χ3n) is 4.13. The summed E-state index contributed by atoms with van der Waals surface area (Å²) in [4.78, 5) is 12.4. The highest BCUT2D eigenvalue weighted by Crippen LogP contribution is 2.46. The Labute approximate surface area is 120 Å². The van der Waals surface area contributed by atoms with Crippen LogP contribution in [0.25, 0.3) is 0 Å². The van der Waals surface area contributed by atoms with E-state index in [1.54, 1.807) is 0 Å². The molecule has 3 nitrogen and oxygen atoms in total. The van der Waals surface area contributed by atoms with Crippen molar-refractivity contribution in [3.8, 4) is 0 Å². The summed E-state index contributed by atoms with van der Waals surface area (Å²) in [5.74, 6) is 0.505. The van der Waals surface area contributed by atoms with E-state index in [0.29, 0.717) is 12.5 Å². The number of carbonyl (C=O) groups is 1. The van der Waals surface area contributed by atoms with Gasteiger partial charge in [0, 0.05) is 6.54 Å². The second kappa shape index (κ2) is 5.06. The fourth-order valence-electron chi connectivity index (χ4n) is 3.39. The van der Waals surface area contributed by atoms with Crippen LogP contribution in [0.2, 0.25) is 0 Å². The molecule has 106 valence electrons. The third kappa shape index (κ3) is 2.06. The van der Waals surface area contributed by atoms with Gasteiger partial charge in [-0.25, -0.2) is 0 Å². The van der Waals surface area contributed by atoms with E-state index in [9.17, 15) is 4.79 Å². The van der Waals surface area contributed by atoms with Crippen LogP contribution in [0.15, 0.2) is 41.5 Å². The summed E-state index contributed by atoms with van der Waals surface area (Å²) in [5, 5.41) is 2.97. The third-order valence-corrected chi connectivity index (χ3v) is 4.13. The number of nitrogens with one attached hydrogen (secondary N) is 1. The Morgan fingerprint density at radius 1 is 1.30 bits per heavy atom. The van der Waals surface area contributed by atoms with E-state index in [0.717, 1.165) is 30.5 Å². The van der Waals surface area contributed by atoms with Crippen molar-refractivity contribution >= 4 is 5.91 Å². The largest absolute Gasteiger partial charge is 0.361 e. The molecule has 0 spiro atoms. The predicted molar refractivity (Wildman–Crippen MR) is 78.2 cm³/mol. The molecule has 1 aromatic rings. The Hall–Kier alpha value is -1.61. The number of carbonyl (C=O) groups excluding carboxylic acids is 1. The van der Waals surface area contributed by atoms with Gasteiger partial charge in [0.25, 0.3) is 5.91 Å². The molecule has 1 aromatic carbocycles. The van der Waals surface area contributed by atoms with Crippen LogP contribution in [0.4, 0.5) is 0 Å². The van der Waals surface area contributed by atoms with E-state index in [4.69, 9.17) is 4.74 Å². The minimum atomic E-state index is -0.560. The zero-order valence-corrected chi connectivity index (χ0v) is 12.1. The van der Waals surface area contributed by atoms with Gasteiger partial charge in [-0.1, -0.05) is 44.2 Å². The molecular weight excluding hydrogens is 250 g/mol. The quantitative estimate of drug-likeness (QED) is 0.918. The molecule has 0 aliphatic carbocycles. The SMILES string of the molecule is CC(C)CC1(c2ccccc2)OCC2=C1C(=O)NCC2. The number of hydrogen-bond acceptors (Lipinski definition) is 2. The lowest BCUT2D eigenvalue weighted by molar-refractivity contribution is -0.120. The maximum absolute atomic E-state index is 12.4. The first-order valence-electron chi connectivity index (χ1n) is 7.33. The average Bonchev–Trinajstić information content (AvgIpc) is 2.81.